The van der Waals surface area contributed by atoms with E-state index >= 15 is 0 Å². The lowest BCUT2D eigenvalue weighted by Gasteiger charge is -2.08. The van der Waals surface area contributed by atoms with Crippen LogP contribution >= 0.6 is 0 Å². The van der Waals surface area contributed by atoms with Gasteiger partial charge in [-0.05, 0) is 43.4 Å². The van der Waals surface area contributed by atoms with E-state index < -0.39 is 5.97 Å². The third-order valence-electron chi connectivity index (χ3n) is 3.50. The maximum Gasteiger partial charge on any atom is 0.419 e. The van der Waals surface area contributed by atoms with E-state index in [-0.39, 0.29) is 18.1 Å². The van der Waals surface area contributed by atoms with Crippen LogP contribution in [0.15, 0.2) is 27.4 Å². The first-order chi connectivity index (χ1) is 9.51. The molecule has 5 nitrogen and oxygen atoms in total. The number of carboxylic acids is 1. The number of hydrogen-bond donors (Lipinski definition) is 1. The van der Waals surface area contributed by atoms with Crippen LogP contribution in [0.3, 0.4) is 0 Å². The molecule has 2 aromatic rings. The van der Waals surface area contributed by atoms with Crippen LogP contribution in [0.5, 0.6) is 0 Å². The average Bonchev–Trinajstić information content (AvgIpc) is 2.69. The predicted molar refractivity (Wildman–Crippen MR) is 75.9 cm³/mol. The molecule has 0 saturated heterocycles. The Labute approximate surface area is 116 Å². The van der Waals surface area contributed by atoms with Crippen LogP contribution in [0.4, 0.5) is 0 Å². The number of aryl methyl sites for hydroxylation is 2. The zero-order valence-electron chi connectivity index (χ0n) is 11.8. The van der Waals surface area contributed by atoms with Crippen LogP contribution in [-0.2, 0) is 17.8 Å². The summed E-state index contributed by atoms with van der Waals surface area (Å²) in [5.41, 5.74) is 2.46. The fourth-order valence-electron chi connectivity index (χ4n) is 2.38. The van der Waals surface area contributed by atoms with Gasteiger partial charge >= 0.3 is 11.7 Å². The highest BCUT2D eigenvalue weighted by molar-refractivity contribution is 5.73. The van der Waals surface area contributed by atoms with Gasteiger partial charge in [-0.25, -0.2) is 4.79 Å². The van der Waals surface area contributed by atoms with Gasteiger partial charge in [-0.2, -0.15) is 0 Å². The van der Waals surface area contributed by atoms with Crippen molar-refractivity contribution in [2.45, 2.75) is 39.7 Å². The monoisotopic (exact) mass is 277 g/mol. The van der Waals surface area contributed by atoms with E-state index in [0.29, 0.717) is 12.1 Å². The minimum atomic E-state index is -0.765. The summed E-state index contributed by atoms with van der Waals surface area (Å²) in [6, 6.07) is 5.73. The van der Waals surface area contributed by atoms with Crippen molar-refractivity contribution in [3.05, 3.63) is 34.3 Å². The van der Waals surface area contributed by atoms with Gasteiger partial charge < -0.3 is 9.52 Å². The number of carboxylic acid groups (broad SMARTS) is 1. The lowest BCUT2D eigenvalue weighted by molar-refractivity contribution is -0.138. The lowest BCUT2D eigenvalue weighted by atomic mass is 9.98. The van der Waals surface area contributed by atoms with Crippen LogP contribution in [0.2, 0.25) is 0 Å². The topological polar surface area (TPSA) is 72.4 Å². The summed E-state index contributed by atoms with van der Waals surface area (Å²) < 4.78 is 6.80. The third kappa shape index (κ3) is 3.10. The molecule has 1 unspecified atom stereocenters. The van der Waals surface area contributed by atoms with Crippen LogP contribution < -0.4 is 5.76 Å². The summed E-state index contributed by atoms with van der Waals surface area (Å²) in [4.78, 5) is 22.2. The summed E-state index contributed by atoms with van der Waals surface area (Å²) in [5.74, 6) is -0.965. The second-order valence-corrected chi connectivity index (χ2v) is 5.16. The maximum atomic E-state index is 11.6. The number of aromatic nitrogens is 1. The average molecular weight is 277 g/mol. The van der Waals surface area contributed by atoms with Crippen LogP contribution in [0, 0.1) is 5.92 Å². The normalized spacial score (nSPS) is 12.7. The standard InChI is InChI=1S/C15H19NO4/c1-3-16-12-7-6-11(9-13(12)20-15(16)19)5-4-10(2)8-14(17)18/h6-7,9-10H,3-5,8H2,1-2H3,(H,17,18). The van der Waals surface area contributed by atoms with E-state index in [1.807, 2.05) is 32.0 Å². The van der Waals surface area contributed by atoms with Gasteiger partial charge in [0, 0.05) is 13.0 Å². The predicted octanol–water partition coefficient (Wildman–Crippen LogP) is 2.66. The molecule has 2 rings (SSSR count). The zero-order chi connectivity index (χ0) is 14.7. The van der Waals surface area contributed by atoms with E-state index in [1.165, 1.54) is 0 Å². The maximum absolute atomic E-state index is 11.6. The van der Waals surface area contributed by atoms with Crippen molar-refractivity contribution in [2.24, 2.45) is 5.92 Å². The van der Waals surface area contributed by atoms with E-state index in [2.05, 4.69) is 0 Å². The van der Waals surface area contributed by atoms with Gasteiger partial charge in [-0.1, -0.05) is 13.0 Å². The van der Waals surface area contributed by atoms with Crippen LogP contribution in [-0.4, -0.2) is 15.6 Å². The molecular formula is C15H19NO4. The number of oxazole rings is 1. The summed E-state index contributed by atoms with van der Waals surface area (Å²) in [6.07, 6.45) is 1.77. The molecule has 0 bridgehead atoms. The number of fused-ring (bicyclic) bond motifs is 1. The second kappa shape index (κ2) is 5.94. The molecule has 0 spiro atoms. The van der Waals surface area contributed by atoms with Crippen LogP contribution in [0.1, 0.15) is 32.3 Å². The number of aliphatic carboxylic acids is 1. The Morgan fingerprint density at radius 3 is 2.85 bits per heavy atom. The van der Waals surface area contributed by atoms with Crippen molar-refractivity contribution < 1.29 is 14.3 Å². The van der Waals surface area contributed by atoms with Crippen LogP contribution in [0.25, 0.3) is 11.1 Å². The molecule has 108 valence electrons. The molecule has 0 fully saturated rings. The summed E-state index contributed by atoms with van der Waals surface area (Å²) in [7, 11) is 0. The van der Waals surface area contributed by atoms with Crippen molar-refractivity contribution >= 4 is 17.1 Å². The Hall–Kier alpha value is -2.04. The molecule has 1 aromatic heterocycles. The largest absolute Gasteiger partial charge is 0.481 e. The Kier molecular flexibility index (Phi) is 4.27. The summed E-state index contributed by atoms with van der Waals surface area (Å²) in [5, 5.41) is 8.73. The Balaban J connectivity index is 2.12. The number of hydrogen-bond acceptors (Lipinski definition) is 3. The van der Waals surface area contributed by atoms with E-state index in [4.69, 9.17) is 9.52 Å². The fourth-order valence-corrected chi connectivity index (χ4v) is 2.38. The smallest absolute Gasteiger partial charge is 0.419 e. The molecule has 1 atom stereocenters. The molecular weight excluding hydrogens is 258 g/mol. The molecule has 0 saturated carbocycles. The molecule has 0 radical (unpaired) electrons. The first-order valence-electron chi connectivity index (χ1n) is 6.85. The molecule has 5 heteroatoms. The number of carbonyl (C=O) groups is 1. The van der Waals surface area contributed by atoms with Gasteiger partial charge in [0.25, 0.3) is 0 Å². The molecule has 1 N–H and O–H groups in total. The van der Waals surface area contributed by atoms with Crippen molar-refractivity contribution in [2.75, 3.05) is 0 Å². The van der Waals surface area contributed by atoms with Gasteiger partial charge in [0.15, 0.2) is 5.58 Å². The Bertz CT molecular complexity index is 668. The fraction of sp³-hybridized carbons (Fsp3) is 0.467. The zero-order valence-corrected chi connectivity index (χ0v) is 11.8. The molecule has 1 heterocycles. The van der Waals surface area contributed by atoms with E-state index in [1.54, 1.807) is 4.57 Å². The van der Waals surface area contributed by atoms with Gasteiger partial charge in [-0.3, -0.25) is 9.36 Å². The lowest BCUT2D eigenvalue weighted by Crippen LogP contribution is -2.11. The third-order valence-corrected chi connectivity index (χ3v) is 3.50. The quantitative estimate of drug-likeness (QED) is 0.881. The summed E-state index contributed by atoms with van der Waals surface area (Å²) >= 11 is 0. The highest BCUT2D eigenvalue weighted by atomic mass is 16.4. The van der Waals surface area contributed by atoms with E-state index in [0.717, 1.165) is 23.9 Å². The minimum absolute atomic E-state index is 0.135. The highest BCUT2D eigenvalue weighted by Crippen LogP contribution is 2.18. The Morgan fingerprint density at radius 1 is 1.45 bits per heavy atom. The van der Waals surface area contributed by atoms with Gasteiger partial charge in [-0.15, -0.1) is 0 Å². The number of benzene rings is 1. The molecule has 0 amide bonds. The van der Waals surface area contributed by atoms with Crippen molar-refractivity contribution in [3.8, 4) is 0 Å². The first kappa shape index (κ1) is 14.4. The van der Waals surface area contributed by atoms with Gasteiger partial charge in [0.05, 0.1) is 5.52 Å². The SMILES string of the molecule is CCn1c(=O)oc2cc(CCC(C)CC(=O)O)ccc21. The molecule has 0 aliphatic heterocycles. The van der Waals surface area contributed by atoms with Gasteiger partial charge in [0.2, 0.25) is 0 Å². The second-order valence-electron chi connectivity index (χ2n) is 5.16. The minimum Gasteiger partial charge on any atom is -0.481 e. The molecule has 20 heavy (non-hydrogen) atoms. The van der Waals surface area contributed by atoms with Crippen molar-refractivity contribution in [1.29, 1.82) is 0 Å². The van der Waals surface area contributed by atoms with E-state index in [9.17, 15) is 9.59 Å². The van der Waals surface area contributed by atoms with Gasteiger partial charge in [0.1, 0.15) is 0 Å². The molecule has 0 aliphatic carbocycles. The number of rotatable bonds is 6. The summed E-state index contributed by atoms with van der Waals surface area (Å²) in [6.45, 7) is 4.42. The van der Waals surface area contributed by atoms with Crippen molar-refractivity contribution in [1.82, 2.24) is 4.57 Å². The molecule has 0 aliphatic rings. The Morgan fingerprint density at radius 2 is 2.20 bits per heavy atom. The first-order valence-corrected chi connectivity index (χ1v) is 6.85. The number of nitrogens with zero attached hydrogens (tertiary/aromatic N) is 1. The van der Waals surface area contributed by atoms with Crippen molar-refractivity contribution in [3.63, 3.8) is 0 Å². The molecule has 1 aromatic carbocycles. The highest BCUT2D eigenvalue weighted by Gasteiger charge is 2.10.